The molecule has 2 heterocycles. The van der Waals surface area contributed by atoms with Crippen LogP contribution in [0.4, 0.5) is 0 Å². The van der Waals surface area contributed by atoms with Crippen LogP contribution < -0.4 is 10.2 Å². The van der Waals surface area contributed by atoms with Gasteiger partial charge in [0.1, 0.15) is 17.9 Å². The molecule has 1 aromatic heterocycles. The van der Waals surface area contributed by atoms with Crippen LogP contribution in [-0.2, 0) is 0 Å². The second-order valence-corrected chi connectivity index (χ2v) is 7.40. The third kappa shape index (κ3) is 3.49. The molecule has 30 heavy (non-hydrogen) atoms. The molecule has 1 amide bonds. The van der Waals surface area contributed by atoms with Crippen molar-refractivity contribution < 1.29 is 19.1 Å². The molecule has 6 nitrogen and oxygen atoms in total. The Kier molecular flexibility index (Phi) is 5.61. The normalized spacial score (nSPS) is 15.5. The van der Waals surface area contributed by atoms with Crippen LogP contribution in [0.3, 0.4) is 0 Å². The summed E-state index contributed by atoms with van der Waals surface area (Å²) in [6.45, 7) is 4.18. The monoisotopic (exact) mass is 425 g/mol. The first-order valence-electron chi connectivity index (χ1n) is 9.57. The number of rotatable bonds is 7. The number of nitrogens with zero attached hydrogens (tertiary/aromatic N) is 1. The van der Waals surface area contributed by atoms with Crippen molar-refractivity contribution in [3.05, 3.63) is 87.3 Å². The van der Waals surface area contributed by atoms with Gasteiger partial charge in [0.25, 0.3) is 5.91 Å². The van der Waals surface area contributed by atoms with Crippen molar-refractivity contribution in [2.24, 2.45) is 0 Å². The minimum atomic E-state index is -0.647. The topological polar surface area (TPSA) is 80.0 Å². The van der Waals surface area contributed by atoms with Crippen LogP contribution in [0.15, 0.2) is 64.3 Å². The highest BCUT2D eigenvalue weighted by atomic mass is 35.5. The number of aliphatic hydroxyl groups is 1. The Morgan fingerprint density at radius 3 is 2.83 bits per heavy atom. The van der Waals surface area contributed by atoms with Crippen molar-refractivity contribution in [1.82, 2.24) is 4.90 Å². The number of halogens is 1. The van der Waals surface area contributed by atoms with E-state index >= 15 is 0 Å². The summed E-state index contributed by atoms with van der Waals surface area (Å²) < 4.78 is 11.5. The Bertz CT molecular complexity index is 1190. The summed E-state index contributed by atoms with van der Waals surface area (Å²) in [4.78, 5) is 28.1. The molecule has 1 aliphatic rings. The van der Waals surface area contributed by atoms with E-state index in [9.17, 15) is 14.7 Å². The van der Waals surface area contributed by atoms with Crippen molar-refractivity contribution in [2.75, 3.05) is 19.8 Å². The molecule has 4 rings (SSSR count). The SMILES string of the molecule is C=CCOc1cccc(C2c3c(oc4ccc(Cl)cc4c3=O)C(=O)N2CCCO)c1. The minimum absolute atomic E-state index is 0.0233. The Labute approximate surface area is 177 Å². The second-order valence-electron chi connectivity index (χ2n) is 6.96. The summed E-state index contributed by atoms with van der Waals surface area (Å²) in [5.74, 6) is 0.244. The fourth-order valence-corrected chi connectivity index (χ4v) is 3.91. The molecular weight excluding hydrogens is 406 g/mol. The van der Waals surface area contributed by atoms with Crippen LogP contribution in [0, 0.1) is 0 Å². The van der Waals surface area contributed by atoms with Gasteiger partial charge < -0.3 is 19.2 Å². The van der Waals surface area contributed by atoms with Gasteiger partial charge in [-0.15, -0.1) is 0 Å². The lowest BCUT2D eigenvalue weighted by atomic mass is 9.98. The van der Waals surface area contributed by atoms with Crippen molar-refractivity contribution >= 4 is 28.5 Å². The number of fused-ring (bicyclic) bond motifs is 2. The van der Waals surface area contributed by atoms with Crippen molar-refractivity contribution in [2.45, 2.75) is 12.5 Å². The molecule has 1 N–H and O–H groups in total. The summed E-state index contributed by atoms with van der Waals surface area (Å²) in [5.41, 5.74) is 1.00. The van der Waals surface area contributed by atoms with E-state index in [1.807, 2.05) is 6.07 Å². The van der Waals surface area contributed by atoms with Crippen molar-refractivity contribution in [1.29, 1.82) is 0 Å². The maximum Gasteiger partial charge on any atom is 0.290 e. The molecule has 0 saturated heterocycles. The molecule has 154 valence electrons. The van der Waals surface area contributed by atoms with Crippen LogP contribution in [0.5, 0.6) is 5.75 Å². The van der Waals surface area contributed by atoms with Gasteiger partial charge in [-0.2, -0.15) is 0 Å². The van der Waals surface area contributed by atoms with E-state index in [2.05, 4.69) is 6.58 Å². The molecular formula is C23H20ClNO5. The van der Waals surface area contributed by atoms with Gasteiger partial charge in [0.15, 0.2) is 5.43 Å². The average molecular weight is 426 g/mol. The Morgan fingerprint density at radius 1 is 1.23 bits per heavy atom. The highest BCUT2D eigenvalue weighted by molar-refractivity contribution is 6.31. The maximum atomic E-state index is 13.4. The summed E-state index contributed by atoms with van der Waals surface area (Å²) in [5, 5.41) is 10.0. The number of amides is 1. The van der Waals surface area contributed by atoms with Crippen LogP contribution in [-0.4, -0.2) is 35.7 Å². The minimum Gasteiger partial charge on any atom is -0.490 e. The Morgan fingerprint density at radius 2 is 2.07 bits per heavy atom. The predicted molar refractivity (Wildman–Crippen MR) is 114 cm³/mol. The van der Waals surface area contributed by atoms with E-state index in [1.165, 1.54) is 0 Å². The molecule has 1 atom stereocenters. The van der Waals surface area contributed by atoms with E-state index in [0.717, 1.165) is 5.56 Å². The zero-order chi connectivity index (χ0) is 21.3. The largest absolute Gasteiger partial charge is 0.490 e. The molecule has 0 aliphatic carbocycles. The highest BCUT2D eigenvalue weighted by Crippen LogP contribution is 2.39. The van der Waals surface area contributed by atoms with Gasteiger partial charge in [-0.05, 0) is 42.3 Å². The first-order valence-corrected chi connectivity index (χ1v) is 9.94. The third-order valence-corrected chi connectivity index (χ3v) is 5.26. The van der Waals surface area contributed by atoms with E-state index in [4.69, 9.17) is 20.8 Å². The maximum absolute atomic E-state index is 13.4. The number of ether oxygens (including phenoxy) is 1. The molecule has 0 radical (unpaired) electrons. The number of carbonyl (C=O) groups is 1. The van der Waals surface area contributed by atoms with E-state index in [-0.39, 0.29) is 35.8 Å². The van der Waals surface area contributed by atoms with Gasteiger partial charge in [-0.1, -0.05) is 36.4 Å². The van der Waals surface area contributed by atoms with Crippen LogP contribution in [0.25, 0.3) is 11.0 Å². The second kappa shape index (κ2) is 8.34. The predicted octanol–water partition coefficient (Wildman–Crippen LogP) is 3.94. The Balaban J connectivity index is 1.91. The van der Waals surface area contributed by atoms with Crippen LogP contribution in [0.1, 0.15) is 34.1 Å². The quantitative estimate of drug-likeness (QED) is 0.580. The van der Waals surface area contributed by atoms with E-state index in [0.29, 0.717) is 34.8 Å². The van der Waals surface area contributed by atoms with Gasteiger partial charge in [0, 0.05) is 18.2 Å². The van der Waals surface area contributed by atoms with Crippen molar-refractivity contribution in [3.63, 3.8) is 0 Å². The van der Waals surface area contributed by atoms with Gasteiger partial charge in [-0.25, -0.2) is 0 Å². The molecule has 0 saturated carbocycles. The lowest BCUT2D eigenvalue weighted by Crippen LogP contribution is -2.31. The lowest BCUT2D eigenvalue weighted by Gasteiger charge is -2.25. The van der Waals surface area contributed by atoms with Gasteiger partial charge in [0.2, 0.25) is 5.76 Å². The van der Waals surface area contributed by atoms with Crippen molar-refractivity contribution in [3.8, 4) is 5.75 Å². The molecule has 7 heteroatoms. The zero-order valence-corrected chi connectivity index (χ0v) is 16.9. The smallest absolute Gasteiger partial charge is 0.290 e. The summed E-state index contributed by atoms with van der Waals surface area (Å²) >= 11 is 6.08. The van der Waals surface area contributed by atoms with Crippen LogP contribution in [0.2, 0.25) is 5.02 Å². The summed E-state index contributed by atoms with van der Waals surface area (Å²) in [6.07, 6.45) is 2.02. The van der Waals surface area contributed by atoms with Gasteiger partial charge >= 0.3 is 0 Å². The molecule has 1 unspecified atom stereocenters. The molecule has 1 aliphatic heterocycles. The molecule has 3 aromatic rings. The van der Waals surface area contributed by atoms with Crippen LogP contribution >= 0.6 is 11.6 Å². The van der Waals surface area contributed by atoms with Gasteiger partial charge in [-0.3, -0.25) is 9.59 Å². The summed E-state index contributed by atoms with van der Waals surface area (Å²) in [6, 6.07) is 11.3. The number of carbonyl (C=O) groups excluding carboxylic acids is 1. The van der Waals surface area contributed by atoms with E-state index < -0.39 is 6.04 Å². The highest BCUT2D eigenvalue weighted by Gasteiger charge is 2.42. The molecule has 0 spiro atoms. The standard InChI is InChI=1S/C23H20ClNO5/c1-2-11-29-16-6-3-5-14(12-16)20-19-21(27)17-13-15(24)7-8-18(17)30-22(19)23(28)25(20)9-4-10-26/h2-3,5-8,12-13,20,26H,1,4,9-11H2. The number of aliphatic hydroxyl groups excluding tert-OH is 1. The molecule has 0 fully saturated rings. The zero-order valence-electron chi connectivity index (χ0n) is 16.1. The number of hydrogen-bond donors (Lipinski definition) is 1. The van der Waals surface area contributed by atoms with E-state index in [1.54, 1.807) is 47.4 Å². The lowest BCUT2D eigenvalue weighted by molar-refractivity contribution is 0.0716. The molecule has 0 bridgehead atoms. The first kappa shape index (κ1) is 20.2. The molecule has 2 aromatic carbocycles. The third-order valence-electron chi connectivity index (χ3n) is 5.03. The number of hydrogen-bond acceptors (Lipinski definition) is 5. The fraction of sp³-hybridized carbons (Fsp3) is 0.217. The number of benzene rings is 2. The first-order chi connectivity index (χ1) is 14.5. The fourth-order valence-electron chi connectivity index (χ4n) is 3.74. The Hall–Kier alpha value is -3.09. The average Bonchev–Trinajstić information content (AvgIpc) is 3.03. The summed E-state index contributed by atoms with van der Waals surface area (Å²) in [7, 11) is 0. The van der Waals surface area contributed by atoms with Gasteiger partial charge in [0.05, 0.1) is 17.0 Å².